The molecule has 0 bridgehead atoms. The molecule has 0 aromatic carbocycles. The molecule has 0 unspecified atom stereocenters. The average Bonchev–Trinajstić information content (AvgIpc) is 2.46. The molecule has 0 N–H and O–H groups in total. The van der Waals surface area contributed by atoms with Crippen molar-refractivity contribution in [2.24, 2.45) is 10.8 Å². The molecule has 0 spiro atoms. The molecule has 2 fully saturated rings. The molecule has 0 aromatic rings. The number of hydrogen-bond acceptors (Lipinski definition) is 6. The Morgan fingerprint density at radius 3 is 1.66 bits per heavy atom. The van der Waals surface area contributed by atoms with Gasteiger partial charge in [-0.1, -0.05) is 27.7 Å². The third kappa shape index (κ3) is 5.52. The van der Waals surface area contributed by atoms with Gasteiger partial charge in [-0.15, -0.1) is 0 Å². The van der Waals surface area contributed by atoms with Crippen LogP contribution in [-0.2, 0) is 19.1 Å². The van der Waals surface area contributed by atoms with Gasteiger partial charge in [-0.2, -0.15) is 0 Å². The quantitative estimate of drug-likeness (QED) is 0.522. The molecule has 0 aliphatic carbocycles. The van der Waals surface area contributed by atoms with Gasteiger partial charge in [0.25, 0.3) is 0 Å². The molecule has 168 valence electrons. The molecule has 0 amide bonds. The minimum absolute atomic E-state index is 0.0740. The van der Waals surface area contributed by atoms with Crippen LogP contribution in [0, 0.1) is 10.8 Å². The SMILES string of the molecule is CN1CC(C)(C)C(OC(=O)CC(=O)OC2CC(C)(C)N(C)C(C)(C)C2)C(C)(C)C1. The van der Waals surface area contributed by atoms with E-state index in [4.69, 9.17) is 9.47 Å². The summed E-state index contributed by atoms with van der Waals surface area (Å²) in [5, 5.41) is 0. The zero-order valence-electron chi connectivity index (χ0n) is 20.2. The Morgan fingerprint density at radius 2 is 1.21 bits per heavy atom. The predicted octanol–water partition coefficient (Wildman–Crippen LogP) is 3.48. The van der Waals surface area contributed by atoms with Gasteiger partial charge in [0.2, 0.25) is 0 Å². The third-order valence-corrected chi connectivity index (χ3v) is 6.88. The highest BCUT2D eigenvalue weighted by Gasteiger charge is 2.49. The molecule has 0 radical (unpaired) electrons. The summed E-state index contributed by atoms with van der Waals surface area (Å²) in [6, 6.07) is 0. The summed E-state index contributed by atoms with van der Waals surface area (Å²) in [6.45, 7) is 18.8. The number of esters is 2. The first-order valence-electron chi connectivity index (χ1n) is 10.8. The lowest BCUT2D eigenvalue weighted by molar-refractivity contribution is -0.181. The van der Waals surface area contributed by atoms with Crippen molar-refractivity contribution in [1.29, 1.82) is 0 Å². The minimum Gasteiger partial charge on any atom is -0.462 e. The second kappa shape index (κ2) is 7.84. The third-order valence-electron chi connectivity index (χ3n) is 6.88. The van der Waals surface area contributed by atoms with E-state index in [1.54, 1.807) is 0 Å². The van der Waals surface area contributed by atoms with Crippen molar-refractivity contribution in [2.45, 2.75) is 97.9 Å². The topological polar surface area (TPSA) is 59.1 Å². The molecule has 2 aliphatic heterocycles. The van der Waals surface area contributed by atoms with E-state index in [9.17, 15) is 9.59 Å². The Balaban J connectivity index is 1.96. The van der Waals surface area contributed by atoms with Crippen LogP contribution in [0.3, 0.4) is 0 Å². The molecule has 6 nitrogen and oxygen atoms in total. The number of carbonyl (C=O) groups excluding carboxylic acids is 2. The van der Waals surface area contributed by atoms with E-state index in [0.717, 1.165) is 25.9 Å². The Morgan fingerprint density at radius 1 is 0.793 bits per heavy atom. The van der Waals surface area contributed by atoms with Gasteiger partial charge in [0.1, 0.15) is 18.6 Å². The van der Waals surface area contributed by atoms with Crippen LogP contribution in [0.25, 0.3) is 0 Å². The monoisotopic (exact) mass is 410 g/mol. The van der Waals surface area contributed by atoms with Crippen molar-refractivity contribution in [3.05, 3.63) is 0 Å². The van der Waals surface area contributed by atoms with Crippen LogP contribution in [0.15, 0.2) is 0 Å². The summed E-state index contributed by atoms with van der Waals surface area (Å²) in [7, 11) is 4.20. The van der Waals surface area contributed by atoms with Gasteiger partial charge in [-0.3, -0.25) is 14.5 Å². The Kier molecular flexibility index (Phi) is 6.53. The van der Waals surface area contributed by atoms with Gasteiger partial charge < -0.3 is 14.4 Å². The van der Waals surface area contributed by atoms with Crippen molar-refractivity contribution >= 4 is 11.9 Å². The largest absolute Gasteiger partial charge is 0.462 e. The molecule has 2 saturated heterocycles. The molecule has 6 heteroatoms. The van der Waals surface area contributed by atoms with E-state index < -0.39 is 11.9 Å². The molecule has 2 aliphatic rings. The number of carbonyl (C=O) groups is 2. The number of ether oxygens (including phenoxy) is 2. The second-order valence-electron chi connectivity index (χ2n) is 11.9. The Bertz CT molecular complexity index is 603. The van der Waals surface area contributed by atoms with Crippen molar-refractivity contribution in [2.75, 3.05) is 27.2 Å². The highest BCUT2D eigenvalue weighted by atomic mass is 16.6. The summed E-state index contributed by atoms with van der Waals surface area (Å²) in [5.41, 5.74) is -0.513. The summed E-state index contributed by atoms with van der Waals surface area (Å²) < 4.78 is 11.6. The minimum atomic E-state index is -0.489. The van der Waals surface area contributed by atoms with Crippen molar-refractivity contribution in [1.82, 2.24) is 9.80 Å². The fraction of sp³-hybridized carbons (Fsp3) is 0.913. The standard InChI is InChI=1S/C23H42N2O4/c1-20(2)14-24(9)15-21(3,4)19(20)29-18(27)11-17(26)28-16-12-22(5,6)25(10)23(7,8)13-16/h16,19H,11-15H2,1-10H3. The van der Waals surface area contributed by atoms with Crippen LogP contribution >= 0.6 is 0 Å². The van der Waals surface area contributed by atoms with Gasteiger partial charge >= 0.3 is 11.9 Å². The Labute approximate surface area is 177 Å². The maximum atomic E-state index is 12.6. The summed E-state index contributed by atoms with van der Waals surface area (Å²) in [4.78, 5) is 29.7. The summed E-state index contributed by atoms with van der Waals surface area (Å²) in [5.74, 6) is -0.975. The van der Waals surface area contributed by atoms with Crippen LogP contribution in [0.4, 0.5) is 0 Å². The number of rotatable bonds is 4. The molecule has 29 heavy (non-hydrogen) atoms. The first-order valence-corrected chi connectivity index (χ1v) is 10.8. The lowest BCUT2D eigenvalue weighted by atomic mass is 9.68. The van der Waals surface area contributed by atoms with Crippen molar-refractivity contribution in [3.63, 3.8) is 0 Å². The fourth-order valence-corrected chi connectivity index (χ4v) is 5.87. The summed E-state index contributed by atoms with van der Waals surface area (Å²) >= 11 is 0. The maximum Gasteiger partial charge on any atom is 0.317 e. The highest BCUT2D eigenvalue weighted by Crippen LogP contribution is 2.42. The lowest BCUT2D eigenvalue weighted by Gasteiger charge is -2.53. The smallest absolute Gasteiger partial charge is 0.317 e. The molecular formula is C23H42N2O4. The van der Waals surface area contributed by atoms with E-state index in [-0.39, 0.29) is 40.5 Å². The number of hydrogen-bond donors (Lipinski definition) is 0. The highest BCUT2D eigenvalue weighted by molar-refractivity contribution is 5.91. The maximum absolute atomic E-state index is 12.6. The van der Waals surface area contributed by atoms with Gasteiger partial charge in [0.15, 0.2) is 0 Å². The first-order chi connectivity index (χ1) is 13.0. The van der Waals surface area contributed by atoms with Gasteiger partial charge in [0.05, 0.1) is 0 Å². The molecule has 0 saturated carbocycles. The summed E-state index contributed by atoms with van der Waals surface area (Å²) in [6.07, 6.45) is 0.748. The van der Waals surface area contributed by atoms with Gasteiger partial charge in [-0.05, 0) is 41.8 Å². The van der Waals surface area contributed by atoms with E-state index in [0.29, 0.717) is 0 Å². The van der Waals surface area contributed by atoms with E-state index >= 15 is 0 Å². The zero-order chi connectivity index (χ0) is 22.4. The zero-order valence-corrected chi connectivity index (χ0v) is 20.2. The first kappa shape index (κ1) is 24.1. The van der Waals surface area contributed by atoms with Crippen molar-refractivity contribution in [3.8, 4) is 0 Å². The van der Waals surface area contributed by atoms with Crippen LogP contribution < -0.4 is 0 Å². The number of piperidine rings is 2. The number of likely N-dealkylation sites (tertiary alicyclic amines) is 2. The molecule has 2 heterocycles. The van der Waals surface area contributed by atoms with Crippen molar-refractivity contribution < 1.29 is 19.1 Å². The average molecular weight is 411 g/mol. The van der Waals surface area contributed by atoms with Crippen LogP contribution in [-0.4, -0.2) is 72.2 Å². The molecule has 2 rings (SSSR count). The molecule has 0 aromatic heterocycles. The predicted molar refractivity (Wildman–Crippen MR) is 115 cm³/mol. The van der Waals surface area contributed by atoms with Crippen LogP contribution in [0.1, 0.15) is 74.7 Å². The molecular weight excluding hydrogens is 368 g/mol. The van der Waals surface area contributed by atoms with E-state index in [1.165, 1.54) is 0 Å². The van der Waals surface area contributed by atoms with Crippen LogP contribution in [0.5, 0.6) is 0 Å². The van der Waals surface area contributed by atoms with E-state index in [1.807, 2.05) is 0 Å². The number of nitrogens with zero attached hydrogens (tertiary/aromatic N) is 2. The van der Waals surface area contributed by atoms with E-state index in [2.05, 4.69) is 79.3 Å². The molecule has 0 atom stereocenters. The van der Waals surface area contributed by atoms with Gasteiger partial charge in [0, 0.05) is 47.8 Å². The van der Waals surface area contributed by atoms with Crippen LogP contribution in [0.2, 0.25) is 0 Å². The normalized spacial score (nSPS) is 27.4. The lowest BCUT2D eigenvalue weighted by Crippen LogP contribution is -2.60. The second-order valence-corrected chi connectivity index (χ2v) is 11.9. The van der Waals surface area contributed by atoms with Gasteiger partial charge in [-0.25, -0.2) is 0 Å². The Hall–Kier alpha value is -1.14. The fourth-order valence-electron chi connectivity index (χ4n) is 5.87.